The van der Waals surface area contributed by atoms with Gasteiger partial charge in [0.2, 0.25) is 5.91 Å². The Hall–Kier alpha value is -0.910. The molecule has 15 heavy (non-hydrogen) atoms. The SMILES string of the molecule is C=CC1CC(=O)N(c2cc(I)ccn2)C1. The Labute approximate surface area is 102 Å². The van der Waals surface area contributed by atoms with Crippen LogP contribution in [0.5, 0.6) is 0 Å². The molecule has 4 heteroatoms. The Balaban J connectivity index is 2.25. The number of amides is 1. The van der Waals surface area contributed by atoms with Crippen molar-refractivity contribution in [3.8, 4) is 0 Å². The summed E-state index contributed by atoms with van der Waals surface area (Å²) in [6.07, 6.45) is 4.12. The van der Waals surface area contributed by atoms with Crippen LogP contribution >= 0.6 is 22.6 Å². The number of anilines is 1. The number of rotatable bonds is 2. The lowest BCUT2D eigenvalue weighted by atomic mass is 10.1. The first-order chi connectivity index (χ1) is 7.20. The molecule has 1 saturated heterocycles. The number of pyridine rings is 1. The van der Waals surface area contributed by atoms with Crippen molar-refractivity contribution in [3.63, 3.8) is 0 Å². The van der Waals surface area contributed by atoms with Crippen LogP contribution in [0.15, 0.2) is 31.0 Å². The maximum atomic E-state index is 11.7. The van der Waals surface area contributed by atoms with Gasteiger partial charge in [-0.15, -0.1) is 6.58 Å². The van der Waals surface area contributed by atoms with Gasteiger partial charge in [-0.05, 0) is 34.7 Å². The summed E-state index contributed by atoms with van der Waals surface area (Å²) >= 11 is 2.22. The van der Waals surface area contributed by atoms with Crippen molar-refractivity contribution in [2.75, 3.05) is 11.4 Å². The zero-order valence-electron chi connectivity index (χ0n) is 8.19. The van der Waals surface area contributed by atoms with Crippen LogP contribution in [-0.4, -0.2) is 17.4 Å². The van der Waals surface area contributed by atoms with E-state index in [0.29, 0.717) is 13.0 Å². The molecule has 1 aliphatic heterocycles. The van der Waals surface area contributed by atoms with Crippen LogP contribution in [0.25, 0.3) is 0 Å². The maximum absolute atomic E-state index is 11.7. The summed E-state index contributed by atoms with van der Waals surface area (Å²) < 4.78 is 1.09. The number of carbonyl (C=O) groups is 1. The highest BCUT2D eigenvalue weighted by Gasteiger charge is 2.29. The smallest absolute Gasteiger partial charge is 0.228 e. The van der Waals surface area contributed by atoms with E-state index < -0.39 is 0 Å². The summed E-state index contributed by atoms with van der Waals surface area (Å²) in [5.41, 5.74) is 0. The van der Waals surface area contributed by atoms with Crippen LogP contribution in [0, 0.1) is 9.49 Å². The van der Waals surface area contributed by atoms with Crippen molar-refractivity contribution < 1.29 is 4.79 Å². The summed E-state index contributed by atoms with van der Waals surface area (Å²) in [7, 11) is 0. The Morgan fingerprint density at radius 3 is 3.07 bits per heavy atom. The van der Waals surface area contributed by atoms with Crippen molar-refractivity contribution in [3.05, 3.63) is 34.6 Å². The van der Waals surface area contributed by atoms with Crippen molar-refractivity contribution in [1.82, 2.24) is 4.98 Å². The fraction of sp³-hybridized carbons (Fsp3) is 0.273. The van der Waals surface area contributed by atoms with Gasteiger partial charge in [0.05, 0.1) is 0 Å². The Kier molecular flexibility index (Phi) is 3.04. The van der Waals surface area contributed by atoms with E-state index in [1.807, 2.05) is 18.2 Å². The van der Waals surface area contributed by atoms with E-state index >= 15 is 0 Å². The first kappa shape index (κ1) is 10.6. The van der Waals surface area contributed by atoms with E-state index in [2.05, 4.69) is 34.2 Å². The van der Waals surface area contributed by atoms with Crippen molar-refractivity contribution in [2.45, 2.75) is 6.42 Å². The molecular weight excluding hydrogens is 303 g/mol. The minimum absolute atomic E-state index is 0.134. The number of hydrogen-bond donors (Lipinski definition) is 0. The number of hydrogen-bond acceptors (Lipinski definition) is 2. The standard InChI is InChI=1S/C11H11IN2O/c1-2-8-5-11(15)14(7-8)10-6-9(12)3-4-13-10/h2-4,6,8H,1,5,7H2. The third-order valence-corrected chi connectivity index (χ3v) is 3.14. The molecule has 1 amide bonds. The molecule has 1 atom stereocenters. The lowest BCUT2D eigenvalue weighted by Crippen LogP contribution is -2.25. The molecule has 2 rings (SSSR count). The molecule has 0 saturated carbocycles. The summed E-state index contributed by atoms with van der Waals surface area (Å²) in [5.74, 6) is 1.14. The third-order valence-electron chi connectivity index (χ3n) is 2.47. The van der Waals surface area contributed by atoms with Crippen molar-refractivity contribution >= 4 is 34.3 Å². The van der Waals surface area contributed by atoms with Crippen LogP contribution in [0.4, 0.5) is 5.82 Å². The van der Waals surface area contributed by atoms with Gasteiger partial charge in [0.1, 0.15) is 5.82 Å². The first-order valence-electron chi connectivity index (χ1n) is 4.75. The summed E-state index contributed by atoms with van der Waals surface area (Å²) in [5, 5.41) is 0. The van der Waals surface area contributed by atoms with Gasteiger partial charge < -0.3 is 0 Å². The molecule has 0 aliphatic carbocycles. The molecule has 0 bridgehead atoms. The van der Waals surface area contributed by atoms with Gasteiger partial charge in [0, 0.05) is 28.7 Å². The second-order valence-electron chi connectivity index (χ2n) is 3.54. The zero-order chi connectivity index (χ0) is 10.8. The van der Waals surface area contributed by atoms with Crippen LogP contribution in [-0.2, 0) is 4.79 Å². The molecule has 0 spiro atoms. The van der Waals surface area contributed by atoms with Gasteiger partial charge in [-0.25, -0.2) is 4.98 Å². The molecule has 2 heterocycles. The first-order valence-corrected chi connectivity index (χ1v) is 5.83. The highest BCUT2D eigenvalue weighted by molar-refractivity contribution is 14.1. The molecule has 0 N–H and O–H groups in total. The van der Waals surface area contributed by atoms with E-state index in [1.54, 1.807) is 11.1 Å². The Bertz CT molecular complexity index is 405. The van der Waals surface area contributed by atoms with E-state index in [-0.39, 0.29) is 11.8 Å². The lowest BCUT2D eigenvalue weighted by molar-refractivity contribution is -0.117. The molecule has 0 radical (unpaired) electrons. The molecule has 0 aromatic carbocycles. The quantitative estimate of drug-likeness (QED) is 0.619. The molecule has 1 aliphatic rings. The molecular formula is C11H11IN2O. The molecule has 1 unspecified atom stereocenters. The van der Waals surface area contributed by atoms with Crippen LogP contribution < -0.4 is 4.90 Å². The molecule has 1 aromatic rings. The van der Waals surface area contributed by atoms with E-state index in [9.17, 15) is 4.79 Å². The topological polar surface area (TPSA) is 33.2 Å². The van der Waals surface area contributed by atoms with Crippen molar-refractivity contribution in [1.29, 1.82) is 0 Å². The van der Waals surface area contributed by atoms with E-state index in [4.69, 9.17) is 0 Å². The second kappa shape index (κ2) is 4.30. The van der Waals surface area contributed by atoms with Gasteiger partial charge in [0.25, 0.3) is 0 Å². The largest absolute Gasteiger partial charge is 0.296 e. The highest BCUT2D eigenvalue weighted by atomic mass is 127. The normalized spacial score (nSPS) is 20.7. The Morgan fingerprint density at radius 2 is 2.47 bits per heavy atom. The Morgan fingerprint density at radius 1 is 1.67 bits per heavy atom. The summed E-state index contributed by atoms with van der Waals surface area (Å²) in [6.45, 7) is 4.43. The average Bonchev–Trinajstić information content (AvgIpc) is 2.60. The minimum atomic E-state index is 0.134. The second-order valence-corrected chi connectivity index (χ2v) is 4.78. The molecule has 3 nitrogen and oxygen atoms in total. The summed E-state index contributed by atoms with van der Waals surface area (Å²) in [6, 6.07) is 3.83. The average molecular weight is 314 g/mol. The number of nitrogens with zero attached hydrogens (tertiary/aromatic N) is 2. The predicted molar refractivity (Wildman–Crippen MR) is 67.6 cm³/mol. The zero-order valence-corrected chi connectivity index (χ0v) is 10.3. The fourth-order valence-electron chi connectivity index (χ4n) is 1.66. The van der Waals surface area contributed by atoms with E-state index in [0.717, 1.165) is 9.39 Å². The summed E-state index contributed by atoms with van der Waals surface area (Å²) in [4.78, 5) is 17.6. The number of carbonyl (C=O) groups excluding carboxylic acids is 1. The van der Waals surface area contributed by atoms with Crippen LogP contribution in [0.2, 0.25) is 0 Å². The number of aromatic nitrogens is 1. The monoisotopic (exact) mass is 314 g/mol. The van der Waals surface area contributed by atoms with Gasteiger partial charge in [-0.2, -0.15) is 0 Å². The molecule has 78 valence electrons. The maximum Gasteiger partial charge on any atom is 0.228 e. The fourth-order valence-corrected chi connectivity index (χ4v) is 2.10. The molecule has 1 fully saturated rings. The van der Waals surface area contributed by atoms with Crippen LogP contribution in [0.1, 0.15) is 6.42 Å². The molecule has 1 aromatic heterocycles. The minimum Gasteiger partial charge on any atom is -0.296 e. The van der Waals surface area contributed by atoms with Gasteiger partial charge in [-0.1, -0.05) is 6.08 Å². The van der Waals surface area contributed by atoms with E-state index in [1.165, 1.54) is 0 Å². The van der Waals surface area contributed by atoms with Crippen LogP contribution in [0.3, 0.4) is 0 Å². The number of halogens is 1. The third kappa shape index (κ3) is 2.19. The highest BCUT2D eigenvalue weighted by Crippen LogP contribution is 2.24. The predicted octanol–water partition coefficient (Wildman–Crippen LogP) is 2.23. The van der Waals surface area contributed by atoms with Gasteiger partial charge in [0.15, 0.2) is 0 Å². The van der Waals surface area contributed by atoms with Gasteiger partial charge in [-0.3, -0.25) is 9.69 Å². The van der Waals surface area contributed by atoms with Gasteiger partial charge >= 0.3 is 0 Å². The van der Waals surface area contributed by atoms with Crippen molar-refractivity contribution in [2.24, 2.45) is 5.92 Å². The lowest BCUT2D eigenvalue weighted by Gasteiger charge is -2.14.